The first-order chi connectivity index (χ1) is 12.1. The molecule has 0 atom stereocenters. The number of carbonyl (C=O) groups is 1. The molecule has 0 saturated carbocycles. The van der Waals surface area contributed by atoms with Crippen molar-refractivity contribution in [2.75, 3.05) is 19.4 Å². The predicted molar refractivity (Wildman–Crippen MR) is 102 cm³/mol. The number of methoxy groups -OCH3 is 1. The Hall–Kier alpha value is -1.72. The van der Waals surface area contributed by atoms with E-state index in [9.17, 15) is 9.18 Å². The molecule has 0 fully saturated rings. The summed E-state index contributed by atoms with van der Waals surface area (Å²) in [6.45, 7) is 0.595. The summed E-state index contributed by atoms with van der Waals surface area (Å²) in [6, 6.07) is 12.5. The Morgan fingerprint density at radius 2 is 2.04 bits per heavy atom. The Morgan fingerprint density at radius 1 is 1.24 bits per heavy atom. The topological polar surface area (TPSA) is 38.3 Å². The molecule has 6 heteroatoms. The molecule has 1 amide bonds. The van der Waals surface area contributed by atoms with Crippen LogP contribution in [-0.4, -0.2) is 25.3 Å². The van der Waals surface area contributed by atoms with E-state index in [4.69, 9.17) is 16.3 Å². The maximum absolute atomic E-state index is 13.6. The van der Waals surface area contributed by atoms with Crippen LogP contribution in [0.4, 0.5) is 4.39 Å². The molecule has 0 spiro atoms. The van der Waals surface area contributed by atoms with Crippen LogP contribution in [0.25, 0.3) is 0 Å². The van der Waals surface area contributed by atoms with Gasteiger partial charge in [-0.15, -0.1) is 11.8 Å². The summed E-state index contributed by atoms with van der Waals surface area (Å²) in [7, 11) is 1.65. The molecule has 1 N–H and O–H groups in total. The number of ether oxygens (including phenoxy) is 1. The molecule has 0 aliphatic carbocycles. The largest absolute Gasteiger partial charge is 0.496 e. The summed E-state index contributed by atoms with van der Waals surface area (Å²) in [5.74, 6) is 1.13. The summed E-state index contributed by atoms with van der Waals surface area (Å²) in [5, 5.41) is 3.27. The van der Waals surface area contributed by atoms with Crippen molar-refractivity contribution in [2.24, 2.45) is 0 Å². The molecule has 3 nitrogen and oxygen atoms in total. The van der Waals surface area contributed by atoms with Gasteiger partial charge in [0.25, 0.3) is 0 Å². The number of benzene rings is 2. The van der Waals surface area contributed by atoms with Crippen LogP contribution >= 0.6 is 23.4 Å². The summed E-state index contributed by atoms with van der Waals surface area (Å²) in [5.41, 5.74) is 1.57. The van der Waals surface area contributed by atoms with Crippen LogP contribution in [0.15, 0.2) is 42.5 Å². The second-order valence-electron chi connectivity index (χ2n) is 5.46. The second kappa shape index (κ2) is 10.3. The second-order valence-corrected chi connectivity index (χ2v) is 6.85. The van der Waals surface area contributed by atoms with Crippen LogP contribution in [0.2, 0.25) is 5.02 Å². The van der Waals surface area contributed by atoms with E-state index >= 15 is 0 Å². The van der Waals surface area contributed by atoms with Crippen molar-refractivity contribution in [2.45, 2.75) is 18.6 Å². The van der Waals surface area contributed by atoms with Gasteiger partial charge in [-0.1, -0.05) is 35.9 Å². The van der Waals surface area contributed by atoms with Gasteiger partial charge in [-0.2, -0.15) is 0 Å². The van der Waals surface area contributed by atoms with E-state index < -0.39 is 0 Å². The molecule has 0 heterocycles. The highest BCUT2D eigenvalue weighted by Gasteiger charge is 2.08. The van der Waals surface area contributed by atoms with Gasteiger partial charge in [0.05, 0.1) is 12.9 Å². The number of hydrogen-bond donors (Lipinski definition) is 1. The van der Waals surface area contributed by atoms with Crippen LogP contribution in [0.1, 0.15) is 17.5 Å². The van der Waals surface area contributed by atoms with Gasteiger partial charge >= 0.3 is 0 Å². The van der Waals surface area contributed by atoms with Gasteiger partial charge in [0.1, 0.15) is 11.6 Å². The monoisotopic (exact) mass is 381 g/mol. The first kappa shape index (κ1) is 19.6. The summed E-state index contributed by atoms with van der Waals surface area (Å²) < 4.78 is 18.9. The third kappa shape index (κ3) is 6.25. The van der Waals surface area contributed by atoms with Gasteiger partial charge in [0, 0.05) is 22.9 Å². The number of amides is 1. The summed E-state index contributed by atoms with van der Waals surface area (Å²) >= 11 is 7.31. The van der Waals surface area contributed by atoms with Crippen LogP contribution in [0, 0.1) is 5.82 Å². The van der Waals surface area contributed by atoms with E-state index in [0.29, 0.717) is 22.9 Å². The average molecular weight is 382 g/mol. The zero-order chi connectivity index (χ0) is 18.1. The first-order valence-electron chi connectivity index (χ1n) is 8.01. The Bertz CT molecular complexity index is 691. The fourth-order valence-corrected chi connectivity index (χ4v) is 3.58. The minimum atomic E-state index is -0.336. The number of carbonyl (C=O) groups excluding carboxylic acids is 1. The number of thioether (sulfide) groups is 1. The minimum Gasteiger partial charge on any atom is -0.496 e. The van der Waals surface area contributed by atoms with Crippen molar-refractivity contribution in [3.05, 3.63) is 64.4 Å². The highest BCUT2D eigenvalue weighted by molar-refractivity contribution is 7.99. The van der Waals surface area contributed by atoms with E-state index in [0.717, 1.165) is 24.2 Å². The van der Waals surface area contributed by atoms with Gasteiger partial charge in [-0.05, 0) is 36.6 Å². The van der Waals surface area contributed by atoms with Gasteiger partial charge < -0.3 is 10.1 Å². The fraction of sp³-hybridized carbons (Fsp3) is 0.316. The molecular formula is C19H21ClFNO2S. The molecule has 25 heavy (non-hydrogen) atoms. The number of hydrogen-bond acceptors (Lipinski definition) is 3. The zero-order valence-corrected chi connectivity index (χ0v) is 15.6. The number of para-hydroxylation sites is 1. The number of halogens is 2. The fourth-order valence-electron chi connectivity index (χ4n) is 2.38. The smallest absolute Gasteiger partial charge is 0.230 e. The van der Waals surface area contributed by atoms with Gasteiger partial charge in [-0.25, -0.2) is 4.39 Å². The van der Waals surface area contributed by atoms with E-state index in [2.05, 4.69) is 5.32 Å². The van der Waals surface area contributed by atoms with E-state index in [1.54, 1.807) is 19.2 Å². The maximum atomic E-state index is 13.6. The molecule has 2 aromatic carbocycles. The van der Waals surface area contributed by atoms with Gasteiger partial charge in [0.15, 0.2) is 0 Å². The van der Waals surface area contributed by atoms with E-state index in [1.165, 1.54) is 17.8 Å². The molecule has 0 unspecified atom stereocenters. The van der Waals surface area contributed by atoms with E-state index in [1.807, 2.05) is 24.3 Å². The van der Waals surface area contributed by atoms with Crippen LogP contribution in [-0.2, 0) is 17.0 Å². The standard InChI is InChI=1S/C19H21ClFNO2S/c1-24-18-10-3-2-6-14(18)7-5-11-22-19(23)13-25-12-15-16(20)8-4-9-17(15)21/h2-4,6,8-10H,5,7,11-13H2,1H3,(H,22,23). The summed E-state index contributed by atoms with van der Waals surface area (Å²) in [4.78, 5) is 11.9. The lowest BCUT2D eigenvalue weighted by Gasteiger charge is -2.09. The lowest BCUT2D eigenvalue weighted by molar-refractivity contribution is -0.118. The molecule has 0 radical (unpaired) electrons. The molecule has 0 saturated heterocycles. The molecule has 134 valence electrons. The Kier molecular flexibility index (Phi) is 8.09. The van der Waals surface area contributed by atoms with Gasteiger partial charge in [0.2, 0.25) is 5.91 Å². The number of aryl methyl sites for hydroxylation is 1. The first-order valence-corrected chi connectivity index (χ1v) is 9.54. The normalized spacial score (nSPS) is 10.5. The van der Waals surface area contributed by atoms with Crippen molar-refractivity contribution >= 4 is 29.3 Å². The lowest BCUT2D eigenvalue weighted by Crippen LogP contribution is -2.26. The maximum Gasteiger partial charge on any atom is 0.230 e. The lowest BCUT2D eigenvalue weighted by atomic mass is 10.1. The molecule has 2 aromatic rings. The van der Waals surface area contributed by atoms with Crippen molar-refractivity contribution in [3.63, 3.8) is 0 Å². The predicted octanol–water partition coefficient (Wildman–Crippen LogP) is 4.47. The number of rotatable bonds is 9. The van der Waals surface area contributed by atoms with Gasteiger partial charge in [-0.3, -0.25) is 4.79 Å². The molecule has 0 aromatic heterocycles. The van der Waals surface area contributed by atoms with Crippen LogP contribution < -0.4 is 10.1 Å². The minimum absolute atomic E-state index is 0.0579. The highest BCUT2D eigenvalue weighted by Crippen LogP contribution is 2.23. The van der Waals surface area contributed by atoms with E-state index in [-0.39, 0.29) is 17.5 Å². The van der Waals surface area contributed by atoms with Crippen molar-refractivity contribution in [3.8, 4) is 5.75 Å². The van der Waals surface area contributed by atoms with Crippen LogP contribution in [0.5, 0.6) is 5.75 Å². The molecule has 2 rings (SSSR count). The average Bonchev–Trinajstić information content (AvgIpc) is 2.61. The molecule has 0 bridgehead atoms. The van der Waals surface area contributed by atoms with Crippen molar-refractivity contribution in [1.29, 1.82) is 0 Å². The van der Waals surface area contributed by atoms with Crippen molar-refractivity contribution in [1.82, 2.24) is 5.32 Å². The summed E-state index contributed by atoms with van der Waals surface area (Å²) in [6.07, 6.45) is 1.66. The quantitative estimate of drug-likeness (QED) is 0.651. The third-order valence-corrected chi connectivity index (χ3v) is 4.99. The van der Waals surface area contributed by atoms with Crippen molar-refractivity contribution < 1.29 is 13.9 Å². The van der Waals surface area contributed by atoms with Crippen LogP contribution in [0.3, 0.4) is 0 Å². The third-order valence-electron chi connectivity index (χ3n) is 3.68. The Morgan fingerprint density at radius 3 is 2.80 bits per heavy atom. The Balaban J connectivity index is 1.66. The molecular weight excluding hydrogens is 361 g/mol. The highest BCUT2D eigenvalue weighted by atomic mass is 35.5. The zero-order valence-electron chi connectivity index (χ0n) is 14.1. The molecule has 0 aliphatic rings. The Labute approximate surface area is 156 Å². The SMILES string of the molecule is COc1ccccc1CCCNC(=O)CSCc1c(F)cccc1Cl. The number of nitrogens with one attached hydrogen (secondary N) is 1. The molecule has 0 aliphatic heterocycles.